The van der Waals surface area contributed by atoms with Crippen LogP contribution in [0.25, 0.3) is 28.7 Å². The average Bonchev–Trinajstić information content (AvgIpc) is 4.41. The van der Waals surface area contributed by atoms with Gasteiger partial charge in [-0.25, -0.2) is 52.6 Å². The molecule has 11 rings (SSSR count). The summed E-state index contributed by atoms with van der Waals surface area (Å²) >= 11 is 7.97. The third-order valence-corrected chi connectivity index (χ3v) is 17.4. The molecule has 4 radical (unpaired) electrons. The van der Waals surface area contributed by atoms with Crippen LogP contribution in [0.1, 0.15) is 61.0 Å². The first-order valence-corrected chi connectivity index (χ1v) is 32.2. The van der Waals surface area contributed by atoms with E-state index in [4.69, 9.17) is 21.2 Å². The summed E-state index contributed by atoms with van der Waals surface area (Å²) in [5, 5.41) is 29.5. The maximum atomic E-state index is 12.6. The predicted molar refractivity (Wildman–Crippen MR) is 325 cm³/mol. The summed E-state index contributed by atoms with van der Waals surface area (Å²) in [5.41, 5.74) is 5.11. The molecule has 10 aromatic rings. The van der Waals surface area contributed by atoms with Gasteiger partial charge in [0.05, 0.1) is 54.2 Å². The zero-order chi connectivity index (χ0) is 56.8. The van der Waals surface area contributed by atoms with Crippen molar-refractivity contribution in [1.29, 1.82) is 0 Å². The second-order valence-electron chi connectivity index (χ2n) is 18.3. The highest BCUT2D eigenvalue weighted by Gasteiger charge is 2.30. The van der Waals surface area contributed by atoms with Gasteiger partial charge in [-0.2, -0.15) is 20.4 Å². The number of methoxy groups -OCH3 is 1. The number of alkyl halides is 1. The van der Waals surface area contributed by atoms with Gasteiger partial charge in [0.15, 0.2) is 11.4 Å². The van der Waals surface area contributed by atoms with Gasteiger partial charge in [0.1, 0.15) is 33.4 Å². The van der Waals surface area contributed by atoms with Crippen LogP contribution in [0.3, 0.4) is 0 Å². The van der Waals surface area contributed by atoms with Crippen molar-refractivity contribution in [2.45, 2.75) is 78.0 Å². The van der Waals surface area contributed by atoms with E-state index >= 15 is 0 Å². The van der Waals surface area contributed by atoms with Crippen LogP contribution >= 0.6 is 21.5 Å². The Balaban J connectivity index is 0.000000142. The number of aromatic nitrogens is 12. The van der Waals surface area contributed by atoms with Gasteiger partial charge in [0, 0.05) is 38.6 Å². The van der Waals surface area contributed by atoms with Crippen LogP contribution in [0.2, 0.25) is 0 Å². The Morgan fingerprint density at radius 2 is 1.16 bits per heavy atom. The molecule has 80 heavy (non-hydrogen) atoms. The number of hydrogen-bond acceptors (Lipinski definition) is 14. The van der Waals surface area contributed by atoms with Gasteiger partial charge < -0.3 is 16.1 Å². The van der Waals surface area contributed by atoms with E-state index in [9.17, 15) is 4.39 Å². The molecule has 0 amide bonds. The summed E-state index contributed by atoms with van der Waals surface area (Å²) in [6.07, 6.45) is 14.0. The van der Waals surface area contributed by atoms with Crippen molar-refractivity contribution >= 4 is 118 Å². The number of benzene rings is 3. The topological polar surface area (TPSA) is 169 Å². The largest absolute Gasteiger partial charge is 0.647 e. The van der Waals surface area contributed by atoms with Gasteiger partial charge in [-0.1, -0.05) is 92.2 Å². The first-order valence-electron chi connectivity index (χ1n) is 25.5. The molecule has 0 fully saturated rings. The minimum absolute atomic E-state index is 0.365. The zero-order valence-electron chi connectivity index (χ0n) is 45.8. The molecular weight excluding hydrogens is 1130 g/mol. The molecule has 0 saturated carbocycles. The lowest BCUT2D eigenvalue weighted by Gasteiger charge is -2.06. The van der Waals surface area contributed by atoms with Crippen molar-refractivity contribution in [2.24, 2.45) is 9.98 Å². The molecule has 26 heteroatoms. The summed E-state index contributed by atoms with van der Waals surface area (Å²) < 4.78 is 44.6. The van der Waals surface area contributed by atoms with Crippen LogP contribution in [-0.4, -0.2) is 158 Å². The molecule has 0 atom stereocenters. The van der Waals surface area contributed by atoms with Crippen LogP contribution < -0.4 is 22.8 Å². The Bertz CT molecular complexity index is 3660. The van der Waals surface area contributed by atoms with Gasteiger partial charge in [-0.3, -0.25) is 0 Å². The summed E-state index contributed by atoms with van der Waals surface area (Å²) in [6, 6.07) is 36.0. The number of thiophene rings is 1. The van der Waals surface area contributed by atoms with E-state index in [-0.39, 0.29) is 0 Å². The van der Waals surface area contributed by atoms with Gasteiger partial charge in [-0.15, -0.1) is 21.5 Å². The lowest BCUT2D eigenvalue weighted by Crippen LogP contribution is -2.28. The fraction of sp³-hybridized carbons (Fsp3) is 0.222. The van der Waals surface area contributed by atoms with Crippen LogP contribution in [0.5, 0.6) is 17.2 Å². The molecule has 0 bridgehead atoms. The Morgan fingerprint density at radius 1 is 0.613 bits per heavy atom. The highest BCUT2D eigenvalue weighted by atomic mass is 32.3. The Hall–Kier alpha value is -6.21. The number of aliphatic imine (C=N–C) groups is 2. The Labute approximate surface area is 507 Å². The third kappa shape index (κ3) is 14.8. The lowest BCUT2D eigenvalue weighted by molar-refractivity contribution is 0.409. The van der Waals surface area contributed by atoms with Gasteiger partial charge >= 0.3 is 49.9 Å². The van der Waals surface area contributed by atoms with Crippen molar-refractivity contribution in [3.8, 4) is 45.9 Å². The standard InChI is InChI=1S/C18H16N4OSi.C13H11FN4O.C12H18N4O2.C11H14N2S2.4Al.4H/c23-16-13-22(14-7-3-1-4-8-14)20-18(16)21-12-11-17(19-21)24-15-9-5-2-6-10-15;14-8-10-6-7-17(15-10)13-12(19)9-18(16-13)11-4-2-1-3-5-11;1-5-6-8-9(18-4)7-16(15-8)10-11(17)14-12(2,3)13-10;1-4-9-5-6-13(12-9)10-7(2)15-8(3)11(10)14;;;;;;;;/h1-13,23H,24H2;1-7,9,19H,8H2;7H,5-6H2,1-4H3,(H,14,17);5-6,14H,4H2,1-3H3;;;;;;;;/q;;;;4*+1;;;;/p-4. The van der Waals surface area contributed by atoms with E-state index in [0.717, 1.165) is 53.1 Å². The summed E-state index contributed by atoms with van der Waals surface area (Å²) in [5.74, 6) is 4.43. The van der Waals surface area contributed by atoms with E-state index in [2.05, 4.69) is 106 Å². The highest BCUT2D eigenvalue weighted by Crippen LogP contribution is 2.36. The molecule has 404 valence electrons. The van der Waals surface area contributed by atoms with Crippen LogP contribution in [-0.2, 0) is 23.3 Å². The molecule has 3 aromatic carbocycles. The van der Waals surface area contributed by atoms with Crippen molar-refractivity contribution < 1.29 is 20.5 Å². The summed E-state index contributed by atoms with van der Waals surface area (Å²) in [6.45, 7) is 11.8. The molecule has 18 nitrogen and oxygen atoms in total. The first-order chi connectivity index (χ1) is 38.8. The second-order valence-corrected chi connectivity index (χ2v) is 24.0. The average molecular weight is 1190 g/mol. The van der Waals surface area contributed by atoms with Gasteiger partial charge in [0.2, 0.25) is 23.4 Å². The number of nitrogens with zero attached hydrogens (tertiary/aromatic N) is 14. The molecule has 0 saturated heterocycles. The van der Waals surface area contributed by atoms with E-state index in [0.29, 0.717) is 40.6 Å². The maximum absolute atomic E-state index is 12.6. The van der Waals surface area contributed by atoms with Crippen LogP contribution in [0.4, 0.5) is 4.39 Å². The zero-order valence-corrected chi connectivity index (χ0v) is 54.5. The fourth-order valence-electron chi connectivity index (χ4n) is 8.30. The Kier molecular flexibility index (Phi) is 21.3. The van der Waals surface area contributed by atoms with Gasteiger partial charge in [0.25, 0.3) is 15.2 Å². The van der Waals surface area contributed by atoms with E-state index in [1.165, 1.54) is 80.1 Å². The van der Waals surface area contributed by atoms with Gasteiger partial charge in [-0.05, 0) is 83.0 Å². The van der Waals surface area contributed by atoms with Crippen LogP contribution in [0.15, 0.2) is 161 Å². The molecule has 7 aromatic heterocycles. The van der Waals surface area contributed by atoms with Crippen LogP contribution in [0, 0.1) is 13.8 Å². The maximum Gasteiger partial charge on any atom is 0.495 e. The number of ether oxygens (including phenoxy) is 1. The monoisotopic (exact) mass is 1190 g/mol. The van der Waals surface area contributed by atoms with E-state index in [1.807, 2.05) is 145 Å². The number of rotatable bonds is 15. The summed E-state index contributed by atoms with van der Waals surface area (Å²) in [4.78, 5) is 13.0. The SMILES string of the molecule is CCCc1nn(C2=NC(C)(C)N=C2[O][AlH])cc1OC.CCc1ccn(-c2c(C)sc(C)c2[S][AlH])n1.FCc1ccn(-c2nn(-c3ccccc3)cc2[O][AlH])n1.[AlH][O]c1cn(-c2ccccc2)nc1-n1ccc([SiH2]c2ccccc2)n1. The molecule has 1 aliphatic rings. The van der Waals surface area contributed by atoms with Crippen molar-refractivity contribution in [3.63, 3.8) is 0 Å². The van der Waals surface area contributed by atoms with E-state index in [1.54, 1.807) is 39.6 Å². The quantitative estimate of drug-likeness (QED) is 0.108. The second kappa shape index (κ2) is 28.5. The van der Waals surface area contributed by atoms with Crippen molar-refractivity contribution in [2.75, 3.05) is 7.11 Å². The highest BCUT2D eigenvalue weighted by molar-refractivity contribution is 8.19. The lowest BCUT2D eigenvalue weighted by atomic mass is 10.2. The summed E-state index contributed by atoms with van der Waals surface area (Å²) in [7, 11) is 2.89. The molecule has 0 aliphatic carbocycles. The fourth-order valence-corrected chi connectivity index (χ4v) is 13.5. The smallest absolute Gasteiger partial charge is 0.495 e. The number of aryl methyl sites for hydroxylation is 4. The van der Waals surface area contributed by atoms with Crippen molar-refractivity contribution in [1.82, 2.24) is 58.7 Å². The molecule has 0 unspecified atom stereocenters. The minimum atomic E-state index is -0.601. The molecule has 8 heterocycles. The minimum Gasteiger partial charge on any atom is -0.647 e. The van der Waals surface area contributed by atoms with E-state index < -0.39 is 21.9 Å². The third-order valence-electron chi connectivity index (χ3n) is 12.1. The number of hydrogen-bond donors (Lipinski definition) is 0. The molecule has 0 spiro atoms. The predicted octanol–water partition coefficient (Wildman–Crippen LogP) is 6.19. The first kappa shape index (κ1) is 59.9. The van der Waals surface area contributed by atoms with Crippen molar-refractivity contribution in [3.05, 3.63) is 173 Å². The number of para-hydroxylation sites is 2. The number of halogens is 1. The molecule has 1 aliphatic heterocycles. The normalized spacial score (nSPS) is 12.4. The molecule has 0 N–H and O–H groups in total. The molecular formula is C54H59Al4FN14O4S2Si. The Morgan fingerprint density at radius 3 is 1.69 bits per heavy atom.